The molecule has 2 aromatic rings. The molecule has 1 heterocycles. The fourth-order valence-electron chi connectivity index (χ4n) is 1.62. The Morgan fingerprint density at radius 2 is 2.06 bits per heavy atom. The molecular weight excluding hydrogens is 231 g/mol. The molecule has 90 valence electrons. The van der Waals surface area contributed by atoms with Gasteiger partial charge in [0.1, 0.15) is 5.82 Å². The van der Waals surface area contributed by atoms with Crippen LogP contribution in [0.4, 0.5) is 4.39 Å². The highest BCUT2D eigenvalue weighted by Gasteiger charge is 2.06. The van der Waals surface area contributed by atoms with Crippen LogP contribution in [0.2, 0.25) is 0 Å². The molecule has 4 heteroatoms. The monoisotopic (exact) mass is 242 g/mol. The minimum absolute atomic E-state index is 0.206. The number of nitriles is 1. The van der Waals surface area contributed by atoms with Crippen LogP contribution >= 0.6 is 0 Å². The number of benzene rings is 1. The molecule has 0 aliphatic heterocycles. The number of ether oxygens (including phenoxy) is 1. The molecule has 2 rings (SSSR count). The van der Waals surface area contributed by atoms with Crippen molar-refractivity contribution < 1.29 is 9.13 Å². The van der Waals surface area contributed by atoms with Gasteiger partial charge < -0.3 is 4.74 Å². The second kappa shape index (κ2) is 5.39. The third-order valence-corrected chi connectivity index (χ3v) is 2.54. The molecule has 3 nitrogen and oxygen atoms in total. The standard InChI is InChI=1S/C14H11FN2O/c1-18-9-12-6-14(17-8-13(12)15)11-4-2-10(7-16)3-5-11/h2-6,8H,9H2,1H3. The first-order valence-electron chi connectivity index (χ1n) is 5.38. The Morgan fingerprint density at radius 3 is 2.67 bits per heavy atom. The van der Waals surface area contributed by atoms with E-state index in [1.54, 1.807) is 30.3 Å². The average molecular weight is 242 g/mol. The predicted molar refractivity (Wildman–Crippen MR) is 65.1 cm³/mol. The van der Waals surface area contributed by atoms with E-state index in [-0.39, 0.29) is 12.4 Å². The second-order valence-corrected chi connectivity index (χ2v) is 3.78. The summed E-state index contributed by atoms with van der Waals surface area (Å²) in [5.74, 6) is -0.380. The zero-order valence-electron chi connectivity index (χ0n) is 9.85. The summed E-state index contributed by atoms with van der Waals surface area (Å²) in [7, 11) is 1.52. The molecule has 0 aliphatic rings. The minimum Gasteiger partial charge on any atom is -0.380 e. The Hall–Kier alpha value is -2.25. The maximum Gasteiger partial charge on any atom is 0.147 e. The van der Waals surface area contributed by atoms with Crippen molar-refractivity contribution in [1.29, 1.82) is 5.26 Å². The van der Waals surface area contributed by atoms with Crippen molar-refractivity contribution in [3.8, 4) is 17.3 Å². The van der Waals surface area contributed by atoms with E-state index in [1.807, 2.05) is 6.07 Å². The summed E-state index contributed by atoms with van der Waals surface area (Å²) >= 11 is 0. The highest BCUT2D eigenvalue weighted by molar-refractivity contribution is 5.60. The normalized spacial score (nSPS) is 10.1. The van der Waals surface area contributed by atoms with E-state index in [0.717, 1.165) is 5.56 Å². The van der Waals surface area contributed by atoms with Gasteiger partial charge in [-0.3, -0.25) is 4.98 Å². The molecule has 0 saturated carbocycles. The Labute approximate surface area is 104 Å². The molecule has 0 atom stereocenters. The van der Waals surface area contributed by atoms with Gasteiger partial charge in [0.15, 0.2) is 0 Å². The van der Waals surface area contributed by atoms with Crippen molar-refractivity contribution in [3.05, 3.63) is 53.5 Å². The minimum atomic E-state index is -0.380. The van der Waals surface area contributed by atoms with Crippen molar-refractivity contribution in [1.82, 2.24) is 4.98 Å². The lowest BCUT2D eigenvalue weighted by atomic mass is 10.1. The van der Waals surface area contributed by atoms with Crippen LogP contribution in [0.15, 0.2) is 36.5 Å². The molecule has 0 N–H and O–H groups in total. The van der Waals surface area contributed by atoms with Gasteiger partial charge in [-0.05, 0) is 18.2 Å². The van der Waals surface area contributed by atoms with Crippen molar-refractivity contribution in [2.24, 2.45) is 0 Å². The topological polar surface area (TPSA) is 45.9 Å². The first kappa shape index (κ1) is 12.2. The van der Waals surface area contributed by atoms with Gasteiger partial charge >= 0.3 is 0 Å². The molecule has 0 bridgehead atoms. The fraction of sp³-hybridized carbons (Fsp3) is 0.143. The molecule has 0 spiro atoms. The van der Waals surface area contributed by atoms with Crippen molar-refractivity contribution in [2.45, 2.75) is 6.61 Å². The predicted octanol–water partition coefficient (Wildman–Crippen LogP) is 2.91. The summed E-state index contributed by atoms with van der Waals surface area (Å²) in [6.07, 6.45) is 1.18. The number of hydrogen-bond donors (Lipinski definition) is 0. The van der Waals surface area contributed by atoms with E-state index in [0.29, 0.717) is 16.8 Å². The number of halogens is 1. The van der Waals surface area contributed by atoms with E-state index in [1.165, 1.54) is 13.3 Å². The number of hydrogen-bond acceptors (Lipinski definition) is 3. The van der Waals surface area contributed by atoms with Crippen LogP contribution in [0.3, 0.4) is 0 Å². The highest BCUT2D eigenvalue weighted by Crippen LogP contribution is 2.20. The van der Waals surface area contributed by atoms with Crippen LogP contribution in [0.1, 0.15) is 11.1 Å². The molecular formula is C14H11FN2O. The van der Waals surface area contributed by atoms with Gasteiger partial charge in [0.05, 0.1) is 30.1 Å². The molecule has 0 unspecified atom stereocenters. The molecule has 0 fully saturated rings. The Bertz CT molecular complexity index is 588. The maximum absolute atomic E-state index is 13.4. The lowest BCUT2D eigenvalue weighted by molar-refractivity contribution is 0.181. The van der Waals surface area contributed by atoms with Gasteiger partial charge in [-0.15, -0.1) is 0 Å². The Balaban J connectivity index is 2.38. The average Bonchev–Trinajstić information content (AvgIpc) is 2.42. The van der Waals surface area contributed by atoms with Crippen LogP contribution in [-0.2, 0) is 11.3 Å². The smallest absolute Gasteiger partial charge is 0.147 e. The first-order chi connectivity index (χ1) is 8.74. The molecule has 1 aromatic carbocycles. The molecule has 0 amide bonds. The number of pyridine rings is 1. The second-order valence-electron chi connectivity index (χ2n) is 3.78. The van der Waals surface area contributed by atoms with Gasteiger partial charge in [0, 0.05) is 18.2 Å². The SMILES string of the molecule is COCc1cc(-c2ccc(C#N)cc2)ncc1F. The molecule has 0 radical (unpaired) electrons. The summed E-state index contributed by atoms with van der Waals surface area (Å²) in [4.78, 5) is 4.03. The van der Waals surface area contributed by atoms with Gasteiger partial charge in [-0.25, -0.2) is 4.39 Å². The zero-order valence-corrected chi connectivity index (χ0v) is 9.85. The van der Waals surface area contributed by atoms with E-state index < -0.39 is 0 Å². The first-order valence-corrected chi connectivity index (χ1v) is 5.38. The lowest BCUT2D eigenvalue weighted by Crippen LogP contribution is -1.95. The third-order valence-electron chi connectivity index (χ3n) is 2.54. The van der Waals surface area contributed by atoms with Crippen LogP contribution in [-0.4, -0.2) is 12.1 Å². The maximum atomic E-state index is 13.4. The largest absolute Gasteiger partial charge is 0.380 e. The van der Waals surface area contributed by atoms with E-state index in [2.05, 4.69) is 4.98 Å². The van der Waals surface area contributed by atoms with E-state index in [4.69, 9.17) is 10.00 Å². The quantitative estimate of drug-likeness (QED) is 0.831. The molecule has 18 heavy (non-hydrogen) atoms. The summed E-state index contributed by atoms with van der Waals surface area (Å²) in [6.45, 7) is 0.206. The summed E-state index contributed by atoms with van der Waals surface area (Å²) in [5, 5.41) is 8.72. The summed E-state index contributed by atoms with van der Waals surface area (Å²) in [6, 6.07) is 10.7. The third kappa shape index (κ3) is 2.53. The number of aromatic nitrogens is 1. The number of nitrogens with zero attached hydrogens (tertiary/aromatic N) is 2. The van der Waals surface area contributed by atoms with E-state index >= 15 is 0 Å². The Morgan fingerprint density at radius 1 is 1.33 bits per heavy atom. The van der Waals surface area contributed by atoms with Crippen LogP contribution in [0, 0.1) is 17.1 Å². The van der Waals surface area contributed by atoms with Gasteiger partial charge in [-0.2, -0.15) is 5.26 Å². The van der Waals surface area contributed by atoms with Crippen molar-refractivity contribution in [2.75, 3.05) is 7.11 Å². The van der Waals surface area contributed by atoms with Crippen LogP contribution in [0.5, 0.6) is 0 Å². The van der Waals surface area contributed by atoms with Gasteiger partial charge in [0.2, 0.25) is 0 Å². The molecule has 0 aliphatic carbocycles. The molecule has 0 saturated heterocycles. The van der Waals surface area contributed by atoms with Gasteiger partial charge in [-0.1, -0.05) is 12.1 Å². The van der Waals surface area contributed by atoms with Crippen LogP contribution < -0.4 is 0 Å². The van der Waals surface area contributed by atoms with Gasteiger partial charge in [0.25, 0.3) is 0 Å². The highest BCUT2D eigenvalue weighted by atomic mass is 19.1. The summed E-state index contributed by atoms with van der Waals surface area (Å²) < 4.78 is 18.3. The number of rotatable bonds is 3. The summed E-state index contributed by atoms with van der Waals surface area (Å²) in [5.41, 5.74) is 2.55. The molecule has 1 aromatic heterocycles. The van der Waals surface area contributed by atoms with Crippen LogP contribution in [0.25, 0.3) is 11.3 Å². The van der Waals surface area contributed by atoms with Crippen molar-refractivity contribution >= 4 is 0 Å². The Kier molecular flexibility index (Phi) is 3.66. The van der Waals surface area contributed by atoms with Crippen molar-refractivity contribution in [3.63, 3.8) is 0 Å². The zero-order chi connectivity index (χ0) is 13.0. The lowest BCUT2D eigenvalue weighted by Gasteiger charge is -2.05. The fourth-order valence-corrected chi connectivity index (χ4v) is 1.62. The number of methoxy groups -OCH3 is 1. The van der Waals surface area contributed by atoms with E-state index in [9.17, 15) is 4.39 Å².